The Morgan fingerprint density at radius 2 is 2.00 bits per heavy atom. The summed E-state index contributed by atoms with van der Waals surface area (Å²) in [6.07, 6.45) is 1.01. The van der Waals surface area contributed by atoms with Crippen molar-refractivity contribution in [1.82, 2.24) is 9.97 Å². The minimum absolute atomic E-state index is 0.0549. The van der Waals surface area contributed by atoms with Gasteiger partial charge in [-0.2, -0.15) is 0 Å². The molecule has 0 saturated heterocycles. The molecule has 0 radical (unpaired) electrons. The quantitative estimate of drug-likeness (QED) is 0.634. The zero-order valence-corrected chi connectivity index (χ0v) is 9.66. The summed E-state index contributed by atoms with van der Waals surface area (Å²) >= 11 is 0. The molecule has 2 rings (SSSR count). The largest absolute Gasteiger partial charge is 0.396 e. The van der Waals surface area contributed by atoms with Crippen molar-refractivity contribution in [1.29, 1.82) is 0 Å². The first-order valence-corrected chi connectivity index (χ1v) is 5.59. The van der Waals surface area contributed by atoms with Gasteiger partial charge >= 0.3 is 5.69 Å². The van der Waals surface area contributed by atoms with Gasteiger partial charge in [0, 0.05) is 6.61 Å². The van der Waals surface area contributed by atoms with Crippen LogP contribution < -0.4 is 5.69 Å². The summed E-state index contributed by atoms with van der Waals surface area (Å²) in [5, 5.41) is 19.1. The lowest BCUT2D eigenvalue weighted by Gasteiger charge is -2.23. The number of aromatic amines is 2. The zero-order valence-electron chi connectivity index (χ0n) is 9.66. The molecule has 17 heavy (non-hydrogen) atoms. The van der Waals surface area contributed by atoms with Gasteiger partial charge in [0.1, 0.15) is 0 Å². The highest BCUT2D eigenvalue weighted by Gasteiger charge is 2.22. The van der Waals surface area contributed by atoms with Gasteiger partial charge < -0.3 is 20.2 Å². The summed E-state index contributed by atoms with van der Waals surface area (Å²) in [5.41, 5.74) is 0.875. The van der Waals surface area contributed by atoms with E-state index in [9.17, 15) is 9.90 Å². The molecule has 1 heterocycles. The van der Waals surface area contributed by atoms with Crippen LogP contribution in [0.2, 0.25) is 0 Å². The third-order valence-electron chi connectivity index (χ3n) is 2.96. The first-order valence-electron chi connectivity index (χ1n) is 5.59. The minimum atomic E-state index is -0.995. The average Bonchev–Trinajstić information content (AvgIpc) is 2.65. The van der Waals surface area contributed by atoms with Gasteiger partial charge in [-0.1, -0.05) is 6.07 Å². The highest BCUT2D eigenvalue weighted by atomic mass is 16.3. The Bertz CT molecular complexity index is 568. The van der Waals surface area contributed by atoms with Crippen LogP contribution in [-0.2, 0) is 5.60 Å². The summed E-state index contributed by atoms with van der Waals surface area (Å²) in [5.74, 6) is 0. The van der Waals surface area contributed by atoms with Crippen LogP contribution in [-0.4, -0.2) is 26.8 Å². The van der Waals surface area contributed by atoms with E-state index in [1.54, 1.807) is 25.1 Å². The molecule has 0 bridgehead atoms. The van der Waals surface area contributed by atoms with E-state index in [2.05, 4.69) is 9.97 Å². The van der Waals surface area contributed by atoms with E-state index >= 15 is 0 Å². The highest BCUT2D eigenvalue weighted by molar-refractivity contribution is 5.75. The molecule has 4 N–H and O–H groups in total. The topological polar surface area (TPSA) is 89.1 Å². The lowest BCUT2D eigenvalue weighted by Crippen LogP contribution is -2.21. The van der Waals surface area contributed by atoms with Crippen LogP contribution in [0.25, 0.3) is 11.0 Å². The molecule has 1 unspecified atom stereocenters. The van der Waals surface area contributed by atoms with Gasteiger partial charge in [0.2, 0.25) is 0 Å². The molecule has 92 valence electrons. The maximum absolute atomic E-state index is 11.1. The van der Waals surface area contributed by atoms with Crippen molar-refractivity contribution in [3.05, 3.63) is 34.2 Å². The Labute approximate surface area is 98.1 Å². The maximum atomic E-state index is 11.1. The Kier molecular flexibility index (Phi) is 3.04. The van der Waals surface area contributed by atoms with Crippen LogP contribution in [0, 0.1) is 0 Å². The van der Waals surface area contributed by atoms with Gasteiger partial charge in [0.25, 0.3) is 0 Å². The lowest BCUT2D eigenvalue weighted by atomic mass is 9.91. The molecule has 1 aromatic heterocycles. The molecular formula is C12H16N2O3. The molecule has 0 aliphatic heterocycles. The van der Waals surface area contributed by atoms with Crippen LogP contribution in [0.3, 0.4) is 0 Å². The molecule has 5 nitrogen and oxygen atoms in total. The van der Waals surface area contributed by atoms with Crippen LogP contribution in [0.5, 0.6) is 0 Å². The molecule has 0 saturated carbocycles. The first kappa shape index (κ1) is 11.9. The van der Waals surface area contributed by atoms with Crippen LogP contribution in [0.1, 0.15) is 25.3 Å². The minimum Gasteiger partial charge on any atom is -0.396 e. The lowest BCUT2D eigenvalue weighted by molar-refractivity contribution is 0.0404. The third kappa shape index (κ3) is 2.40. The van der Waals surface area contributed by atoms with E-state index in [-0.39, 0.29) is 12.3 Å². The number of fused-ring (bicyclic) bond motifs is 1. The highest BCUT2D eigenvalue weighted by Crippen LogP contribution is 2.27. The summed E-state index contributed by atoms with van der Waals surface area (Å²) in [6, 6.07) is 5.30. The van der Waals surface area contributed by atoms with E-state index in [4.69, 9.17) is 5.11 Å². The molecule has 0 fully saturated rings. The first-order chi connectivity index (χ1) is 8.03. The second-order valence-electron chi connectivity index (χ2n) is 4.44. The fourth-order valence-electron chi connectivity index (χ4n) is 1.94. The van der Waals surface area contributed by atoms with E-state index in [1.807, 2.05) is 0 Å². The normalized spacial score (nSPS) is 15.0. The average molecular weight is 236 g/mol. The zero-order chi connectivity index (χ0) is 12.5. The second kappa shape index (κ2) is 4.35. The predicted molar refractivity (Wildman–Crippen MR) is 64.8 cm³/mol. The molecule has 1 aromatic carbocycles. The van der Waals surface area contributed by atoms with Crippen molar-refractivity contribution in [3.8, 4) is 0 Å². The molecule has 0 aliphatic carbocycles. The monoisotopic (exact) mass is 236 g/mol. The number of nitrogens with one attached hydrogen (secondary N) is 2. The van der Waals surface area contributed by atoms with Gasteiger partial charge in [-0.15, -0.1) is 0 Å². The third-order valence-corrected chi connectivity index (χ3v) is 2.96. The Hall–Kier alpha value is -1.59. The molecule has 2 aromatic rings. The number of imidazole rings is 1. The summed E-state index contributed by atoms with van der Waals surface area (Å²) in [7, 11) is 0. The van der Waals surface area contributed by atoms with E-state index < -0.39 is 5.60 Å². The molecule has 5 heteroatoms. The number of H-pyrrole nitrogens is 2. The molecule has 0 aliphatic rings. The van der Waals surface area contributed by atoms with Crippen molar-refractivity contribution in [2.45, 2.75) is 25.4 Å². The molecule has 1 atom stereocenters. The van der Waals surface area contributed by atoms with Gasteiger partial charge in [-0.3, -0.25) is 0 Å². The number of hydrogen-bond acceptors (Lipinski definition) is 3. The number of hydrogen-bond donors (Lipinski definition) is 4. The Morgan fingerprint density at radius 3 is 2.71 bits per heavy atom. The number of rotatable bonds is 4. The van der Waals surface area contributed by atoms with E-state index in [0.29, 0.717) is 18.4 Å². The second-order valence-corrected chi connectivity index (χ2v) is 4.44. The van der Waals surface area contributed by atoms with Crippen LogP contribution in [0.15, 0.2) is 23.0 Å². The van der Waals surface area contributed by atoms with Gasteiger partial charge in [0.15, 0.2) is 0 Å². The summed E-state index contributed by atoms with van der Waals surface area (Å²) in [4.78, 5) is 16.4. The number of aliphatic hydroxyl groups is 2. The predicted octanol–water partition coefficient (Wildman–Crippen LogP) is 0.836. The molecular weight excluding hydrogens is 220 g/mol. The number of aliphatic hydroxyl groups excluding tert-OH is 1. The van der Waals surface area contributed by atoms with Crippen molar-refractivity contribution in [2.75, 3.05) is 6.61 Å². The van der Waals surface area contributed by atoms with Gasteiger partial charge in [-0.05, 0) is 37.5 Å². The van der Waals surface area contributed by atoms with E-state index in [0.717, 1.165) is 11.1 Å². The number of benzene rings is 1. The number of aromatic nitrogens is 2. The standard InChI is InChI=1S/C12H16N2O3/c1-12(17,5-2-6-15)8-3-4-9-10(7-8)14-11(16)13-9/h3-4,7,15,17H,2,5-6H2,1H3,(H2,13,14,16). The van der Waals surface area contributed by atoms with E-state index in [1.165, 1.54) is 0 Å². The van der Waals surface area contributed by atoms with Crippen molar-refractivity contribution >= 4 is 11.0 Å². The maximum Gasteiger partial charge on any atom is 0.323 e. The SMILES string of the molecule is CC(O)(CCCO)c1ccc2[nH]c(=O)[nH]c2c1. The summed E-state index contributed by atoms with van der Waals surface area (Å²) in [6.45, 7) is 1.76. The van der Waals surface area contributed by atoms with Gasteiger partial charge in [-0.25, -0.2) is 4.79 Å². The van der Waals surface area contributed by atoms with Crippen LogP contribution in [0.4, 0.5) is 0 Å². The Balaban J connectivity index is 2.37. The fourth-order valence-corrected chi connectivity index (χ4v) is 1.94. The Morgan fingerprint density at radius 1 is 1.29 bits per heavy atom. The fraction of sp³-hybridized carbons (Fsp3) is 0.417. The molecule has 0 amide bonds. The van der Waals surface area contributed by atoms with Crippen molar-refractivity contribution < 1.29 is 10.2 Å². The van der Waals surface area contributed by atoms with Crippen LogP contribution >= 0.6 is 0 Å². The smallest absolute Gasteiger partial charge is 0.323 e. The van der Waals surface area contributed by atoms with Crippen molar-refractivity contribution in [2.24, 2.45) is 0 Å². The summed E-state index contributed by atoms with van der Waals surface area (Å²) < 4.78 is 0. The molecule has 0 spiro atoms. The van der Waals surface area contributed by atoms with Crippen molar-refractivity contribution in [3.63, 3.8) is 0 Å². The van der Waals surface area contributed by atoms with Gasteiger partial charge in [0.05, 0.1) is 16.6 Å².